The Balaban J connectivity index is 2.74. The summed E-state index contributed by atoms with van der Waals surface area (Å²) < 4.78 is 40.1. The first kappa shape index (κ1) is 16.8. The Labute approximate surface area is 121 Å². The van der Waals surface area contributed by atoms with Gasteiger partial charge in [0.05, 0.1) is 6.42 Å². The number of benzene rings is 1. The summed E-state index contributed by atoms with van der Waals surface area (Å²) in [6, 6.07) is 4.05. The Kier molecular flexibility index (Phi) is 5.88. The lowest BCUT2D eigenvalue weighted by molar-refractivity contribution is -0.136. The topological polar surface area (TPSA) is 86.7 Å². The Morgan fingerprint density at radius 1 is 1.50 bits per heavy atom. The van der Waals surface area contributed by atoms with E-state index in [4.69, 9.17) is 16.7 Å². The Morgan fingerprint density at radius 2 is 2.15 bits per heavy atom. The van der Waals surface area contributed by atoms with Gasteiger partial charge in [0, 0.05) is 30.7 Å². The molecule has 0 aromatic heterocycles. The third-order valence-corrected chi connectivity index (χ3v) is 4.35. The van der Waals surface area contributed by atoms with Gasteiger partial charge in [0.25, 0.3) is 10.2 Å². The monoisotopic (exact) mass is 324 g/mol. The van der Waals surface area contributed by atoms with Crippen LogP contribution in [0.1, 0.15) is 12.0 Å². The zero-order valence-corrected chi connectivity index (χ0v) is 12.2. The second kappa shape index (κ2) is 6.98. The lowest BCUT2D eigenvalue weighted by Gasteiger charge is -2.18. The van der Waals surface area contributed by atoms with Gasteiger partial charge in [-0.3, -0.25) is 4.79 Å². The Morgan fingerprint density at radius 3 is 2.70 bits per heavy atom. The van der Waals surface area contributed by atoms with Crippen LogP contribution >= 0.6 is 11.6 Å². The molecule has 0 spiro atoms. The molecule has 2 N–H and O–H groups in total. The second-order valence-electron chi connectivity index (χ2n) is 4.00. The van der Waals surface area contributed by atoms with Crippen LogP contribution in [0.2, 0.25) is 5.02 Å². The SMILES string of the molecule is CN(Cc1c(F)cccc1Cl)S(=O)(=O)NCCC(=O)O. The van der Waals surface area contributed by atoms with E-state index in [-0.39, 0.29) is 30.1 Å². The molecule has 0 aliphatic carbocycles. The average molecular weight is 325 g/mol. The van der Waals surface area contributed by atoms with E-state index in [0.717, 1.165) is 4.31 Å². The van der Waals surface area contributed by atoms with E-state index in [1.165, 1.54) is 25.2 Å². The number of aliphatic carboxylic acids is 1. The molecule has 0 bridgehead atoms. The van der Waals surface area contributed by atoms with Crippen molar-refractivity contribution >= 4 is 27.8 Å². The number of nitrogens with zero attached hydrogens (tertiary/aromatic N) is 1. The van der Waals surface area contributed by atoms with E-state index < -0.39 is 22.0 Å². The number of halogens is 2. The van der Waals surface area contributed by atoms with E-state index in [9.17, 15) is 17.6 Å². The summed E-state index contributed by atoms with van der Waals surface area (Å²) >= 11 is 5.81. The van der Waals surface area contributed by atoms with E-state index in [0.29, 0.717) is 0 Å². The molecule has 1 rings (SSSR count). The summed E-state index contributed by atoms with van der Waals surface area (Å²) in [4.78, 5) is 10.3. The molecule has 0 saturated carbocycles. The van der Waals surface area contributed by atoms with Crippen molar-refractivity contribution in [1.29, 1.82) is 0 Å². The predicted molar refractivity (Wildman–Crippen MR) is 72.1 cm³/mol. The van der Waals surface area contributed by atoms with E-state index in [1.807, 2.05) is 0 Å². The first-order chi connectivity index (χ1) is 9.24. The molecule has 0 saturated heterocycles. The van der Waals surface area contributed by atoms with Gasteiger partial charge in [0.2, 0.25) is 0 Å². The molecule has 9 heteroatoms. The summed E-state index contributed by atoms with van der Waals surface area (Å²) in [5, 5.41) is 8.56. The highest BCUT2D eigenvalue weighted by Crippen LogP contribution is 2.20. The van der Waals surface area contributed by atoms with E-state index in [2.05, 4.69) is 4.72 Å². The molecule has 0 amide bonds. The van der Waals surface area contributed by atoms with Crippen LogP contribution in [0.15, 0.2) is 18.2 Å². The summed E-state index contributed by atoms with van der Waals surface area (Å²) in [5.41, 5.74) is 0.0558. The van der Waals surface area contributed by atoms with Gasteiger partial charge in [-0.2, -0.15) is 12.7 Å². The van der Waals surface area contributed by atoms with Crippen LogP contribution in [-0.4, -0.2) is 37.4 Å². The third-order valence-electron chi connectivity index (χ3n) is 2.48. The number of rotatable bonds is 7. The van der Waals surface area contributed by atoms with Crippen molar-refractivity contribution in [2.45, 2.75) is 13.0 Å². The molecule has 112 valence electrons. The van der Waals surface area contributed by atoms with Gasteiger partial charge in [-0.15, -0.1) is 0 Å². The number of hydrogen-bond acceptors (Lipinski definition) is 3. The molecular formula is C11H14ClFN2O4S. The van der Waals surface area contributed by atoms with Crippen LogP contribution in [0.5, 0.6) is 0 Å². The molecule has 6 nitrogen and oxygen atoms in total. The minimum atomic E-state index is -3.89. The zero-order valence-electron chi connectivity index (χ0n) is 10.6. The maximum Gasteiger partial charge on any atom is 0.304 e. The fourth-order valence-corrected chi connectivity index (χ4v) is 2.49. The van der Waals surface area contributed by atoms with Gasteiger partial charge in [-0.25, -0.2) is 9.11 Å². The smallest absolute Gasteiger partial charge is 0.304 e. The molecule has 20 heavy (non-hydrogen) atoms. The highest BCUT2D eigenvalue weighted by atomic mass is 35.5. The number of nitrogens with one attached hydrogen (secondary N) is 1. The van der Waals surface area contributed by atoms with Crippen molar-refractivity contribution < 1.29 is 22.7 Å². The van der Waals surface area contributed by atoms with Gasteiger partial charge in [0.1, 0.15) is 5.82 Å². The summed E-state index contributed by atoms with van der Waals surface area (Å²) in [7, 11) is -2.65. The molecule has 0 heterocycles. The normalized spacial score (nSPS) is 11.8. The van der Waals surface area contributed by atoms with Crippen molar-refractivity contribution in [2.75, 3.05) is 13.6 Å². The maximum absolute atomic E-state index is 13.6. The van der Waals surface area contributed by atoms with Crippen molar-refractivity contribution in [3.63, 3.8) is 0 Å². The van der Waals surface area contributed by atoms with Crippen LogP contribution in [-0.2, 0) is 21.5 Å². The van der Waals surface area contributed by atoms with Crippen molar-refractivity contribution in [3.05, 3.63) is 34.6 Å². The quantitative estimate of drug-likeness (QED) is 0.789. The first-order valence-corrected chi connectivity index (χ1v) is 7.41. The van der Waals surface area contributed by atoms with Crippen LogP contribution in [0.4, 0.5) is 4.39 Å². The van der Waals surface area contributed by atoms with Crippen LogP contribution in [0, 0.1) is 5.82 Å². The fraction of sp³-hybridized carbons (Fsp3) is 0.364. The van der Waals surface area contributed by atoms with Crippen molar-refractivity contribution in [3.8, 4) is 0 Å². The van der Waals surface area contributed by atoms with Gasteiger partial charge in [-0.05, 0) is 12.1 Å². The molecule has 0 aliphatic rings. The van der Waals surface area contributed by atoms with Gasteiger partial charge in [-0.1, -0.05) is 17.7 Å². The number of hydrogen-bond donors (Lipinski definition) is 2. The summed E-state index contributed by atoms with van der Waals surface area (Å²) in [5.74, 6) is -1.72. The third kappa shape index (κ3) is 4.71. The number of carbonyl (C=O) groups is 1. The summed E-state index contributed by atoms with van der Waals surface area (Å²) in [6.07, 6.45) is -0.340. The molecule has 1 aromatic carbocycles. The lowest BCUT2D eigenvalue weighted by atomic mass is 10.2. The molecule has 0 radical (unpaired) electrons. The molecule has 0 atom stereocenters. The van der Waals surface area contributed by atoms with Crippen molar-refractivity contribution in [1.82, 2.24) is 9.03 Å². The van der Waals surface area contributed by atoms with Crippen LogP contribution in [0.25, 0.3) is 0 Å². The molecular weight excluding hydrogens is 311 g/mol. The number of carboxylic acid groups (broad SMARTS) is 1. The maximum atomic E-state index is 13.6. The standard InChI is InChI=1S/C11H14ClFN2O4S/c1-15(20(18,19)14-6-5-11(16)17)7-8-9(12)3-2-4-10(8)13/h2-4,14H,5-7H2,1H3,(H,16,17). The predicted octanol–water partition coefficient (Wildman–Crippen LogP) is 1.22. The average Bonchev–Trinajstić information content (AvgIpc) is 2.33. The zero-order chi connectivity index (χ0) is 15.3. The van der Waals surface area contributed by atoms with Gasteiger partial charge in [0.15, 0.2) is 0 Å². The summed E-state index contributed by atoms with van der Waals surface area (Å²) in [6.45, 7) is -0.499. The Hall–Kier alpha value is -1.22. The largest absolute Gasteiger partial charge is 0.481 e. The first-order valence-electron chi connectivity index (χ1n) is 5.59. The minimum absolute atomic E-state index is 0.0558. The number of carboxylic acids is 1. The van der Waals surface area contributed by atoms with E-state index >= 15 is 0 Å². The van der Waals surface area contributed by atoms with Crippen LogP contribution in [0.3, 0.4) is 0 Å². The molecule has 0 fully saturated rings. The molecule has 0 aliphatic heterocycles. The van der Waals surface area contributed by atoms with Crippen molar-refractivity contribution in [2.24, 2.45) is 0 Å². The highest BCUT2D eigenvalue weighted by Gasteiger charge is 2.20. The molecule has 0 unspecified atom stereocenters. The highest BCUT2D eigenvalue weighted by molar-refractivity contribution is 7.87. The fourth-order valence-electron chi connectivity index (χ4n) is 1.39. The second-order valence-corrected chi connectivity index (χ2v) is 6.27. The molecule has 1 aromatic rings. The Bertz CT molecular complexity index is 574. The van der Waals surface area contributed by atoms with Crippen LogP contribution < -0.4 is 4.72 Å². The van der Waals surface area contributed by atoms with E-state index in [1.54, 1.807) is 0 Å². The minimum Gasteiger partial charge on any atom is -0.481 e. The van der Waals surface area contributed by atoms with Gasteiger partial charge < -0.3 is 5.11 Å². The van der Waals surface area contributed by atoms with Gasteiger partial charge >= 0.3 is 5.97 Å². The lowest BCUT2D eigenvalue weighted by Crippen LogP contribution is -2.38.